The molecular formula is C20H18N4S. The lowest BCUT2D eigenvalue weighted by Crippen LogP contribution is -2.22. The molecule has 3 heterocycles. The first-order chi connectivity index (χ1) is 12.2. The van der Waals surface area contributed by atoms with E-state index in [1.165, 1.54) is 4.70 Å². The van der Waals surface area contributed by atoms with Gasteiger partial charge in [0.05, 0.1) is 27.3 Å². The first-order valence-corrected chi connectivity index (χ1v) is 9.03. The van der Waals surface area contributed by atoms with Crippen LogP contribution in [0.3, 0.4) is 0 Å². The molecule has 0 bridgehead atoms. The van der Waals surface area contributed by atoms with Crippen molar-refractivity contribution < 1.29 is 0 Å². The summed E-state index contributed by atoms with van der Waals surface area (Å²) in [6.45, 7) is 2.88. The molecule has 0 aliphatic carbocycles. The number of hydrogen-bond donors (Lipinski definition) is 0. The average molecular weight is 346 g/mol. The number of benzene rings is 1. The summed E-state index contributed by atoms with van der Waals surface area (Å²) in [4.78, 5) is 7.01. The Hall–Kier alpha value is -2.68. The Morgan fingerprint density at radius 3 is 2.84 bits per heavy atom. The van der Waals surface area contributed by atoms with E-state index in [1.54, 1.807) is 11.3 Å². The highest BCUT2D eigenvalue weighted by atomic mass is 32.1. The zero-order valence-corrected chi connectivity index (χ0v) is 15.0. The lowest BCUT2D eigenvalue weighted by molar-refractivity contribution is 0.252. The van der Waals surface area contributed by atoms with Crippen LogP contribution >= 0.6 is 11.3 Å². The van der Waals surface area contributed by atoms with Crippen LogP contribution in [0.5, 0.6) is 0 Å². The molecule has 5 heteroatoms. The summed E-state index contributed by atoms with van der Waals surface area (Å²) in [6, 6.07) is 16.7. The van der Waals surface area contributed by atoms with Gasteiger partial charge in [0.2, 0.25) is 0 Å². The third-order valence-electron chi connectivity index (χ3n) is 4.62. The molecule has 0 spiro atoms. The van der Waals surface area contributed by atoms with E-state index in [-0.39, 0.29) is 6.04 Å². The van der Waals surface area contributed by atoms with Crippen molar-refractivity contribution in [2.75, 3.05) is 7.05 Å². The van der Waals surface area contributed by atoms with Crippen molar-refractivity contribution in [3.63, 3.8) is 0 Å². The smallest absolute Gasteiger partial charge is 0.111 e. The number of hydrogen-bond acceptors (Lipinski definition) is 4. The lowest BCUT2D eigenvalue weighted by atomic mass is 10.1. The van der Waals surface area contributed by atoms with Gasteiger partial charge >= 0.3 is 0 Å². The Kier molecular flexibility index (Phi) is 4.00. The molecule has 0 saturated heterocycles. The second-order valence-corrected chi connectivity index (χ2v) is 7.31. The molecule has 25 heavy (non-hydrogen) atoms. The summed E-state index contributed by atoms with van der Waals surface area (Å²) < 4.78 is 3.23. The van der Waals surface area contributed by atoms with E-state index in [0.717, 1.165) is 27.2 Å². The van der Waals surface area contributed by atoms with Crippen LogP contribution in [0.4, 0.5) is 0 Å². The molecule has 4 nitrogen and oxygen atoms in total. The normalized spacial score (nSPS) is 12.7. The van der Waals surface area contributed by atoms with Crippen molar-refractivity contribution in [1.82, 2.24) is 14.3 Å². The Balaban J connectivity index is 1.63. The first kappa shape index (κ1) is 15.8. The predicted molar refractivity (Wildman–Crippen MR) is 102 cm³/mol. The van der Waals surface area contributed by atoms with Crippen LogP contribution < -0.4 is 0 Å². The average Bonchev–Trinajstić information content (AvgIpc) is 3.21. The molecule has 124 valence electrons. The zero-order chi connectivity index (χ0) is 17.4. The SMILES string of the molecule is C[C@@H](c1nc2ccccc2s1)N(C)Cc1cn2ccccc2c1C#N. The Labute approximate surface area is 150 Å². The van der Waals surface area contributed by atoms with Crippen molar-refractivity contribution in [2.24, 2.45) is 0 Å². The van der Waals surface area contributed by atoms with Crippen LogP contribution in [-0.4, -0.2) is 21.3 Å². The fourth-order valence-corrected chi connectivity index (χ4v) is 4.17. The summed E-state index contributed by atoms with van der Waals surface area (Å²) in [6.07, 6.45) is 4.03. The summed E-state index contributed by atoms with van der Waals surface area (Å²) in [5.74, 6) is 0. The van der Waals surface area contributed by atoms with Crippen LogP contribution in [0.2, 0.25) is 0 Å². The highest BCUT2D eigenvalue weighted by molar-refractivity contribution is 7.18. The maximum absolute atomic E-state index is 9.58. The standard InChI is InChI=1S/C20H18N4S/c1-14(20-22-17-7-3-4-9-19(17)25-20)23(2)12-15-13-24-10-6-5-8-18(24)16(15)11-21/h3-10,13-14H,12H2,1-2H3/t14-/m0/s1. The third-order valence-corrected chi connectivity index (χ3v) is 5.83. The number of pyridine rings is 1. The number of nitrogens with zero attached hydrogens (tertiary/aromatic N) is 4. The first-order valence-electron chi connectivity index (χ1n) is 8.21. The van der Waals surface area contributed by atoms with Gasteiger partial charge in [0, 0.05) is 24.5 Å². The largest absolute Gasteiger partial charge is 0.322 e. The van der Waals surface area contributed by atoms with Crippen molar-refractivity contribution >= 4 is 27.1 Å². The van der Waals surface area contributed by atoms with E-state index in [4.69, 9.17) is 4.98 Å². The summed E-state index contributed by atoms with van der Waals surface area (Å²) >= 11 is 1.74. The molecule has 4 rings (SSSR count). The van der Waals surface area contributed by atoms with Gasteiger partial charge in [-0.3, -0.25) is 4.90 Å². The van der Waals surface area contributed by atoms with Gasteiger partial charge in [0.15, 0.2) is 0 Å². The maximum atomic E-state index is 9.58. The Morgan fingerprint density at radius 2 is 2.04 bits per heavy atom. The van der Waals surface area contributed by atoms with Crippen LogP contribution in [0, 0.1) is 11.3 Å². The van der Waals surface area contributed by atoms with E-state index in [1.807, 2.05) is 40.9 Å². The number of aromatic nitrogens is 2. The number of fused-ring (bicyclic) bond motifs is 2. The molecule has 1 aromatic carbocycles. The molecule has 0 aliphatic rings. The molecule has 0 radical (unpaired) electrons. The van der Waals surface area contributed by atoms with Gasteiger partial charge in [0.25, 0.3) is 0 Å². The third kappa shape index (κ3) is 2.80. The Morgan fingerprint density at radius 1 is 1.24 bits per heavy atom. The van der Waals surface area contributed by atoms with Crippen LogP contribution in [0.1, 0.15) is 29.1 Å². The molecule has 0 aliphatic heterocycles. The molecule has 0 fully saturated rings. The van der Waals surface area contributed by atoms with E-state index in [9.17, 15) is 5.26 Å². The molecule has 0 amide bonds. The highest BCUT2D eigenvalue weighted by Crippen LogP contribution is 2.30. The quantitative estimate of drug-likeness (QED) is 0.542. The van der Waals surface area contributed by atoms with Crippen molar-refractivity contribution in [3.8, 4) is 6.07 Å². The summed E-state index contributed by atoms with van der Waals surface area (Å²) in [5.41, 5.74) is 3.81. The molecule has 0 saturated carbocycles. The monoisotopic (exact) mass is 346 g/mol. The van der Waals surface area contributed by atoms with Gasteiger partial charge in [-0.25, -0.2) is 4.98 Å². The summed E-state index contributed by atoms with van der Waals surface area (Å²) in [5, 5.41) is 10.7. The molecule has 0 unspecified atom stereocenters. The van der Waals surface area contributed by atoms with Crippen molar-refractivity contribution in [2.45, 2.75) is 19.5 Å². The molecular weight excluding hydrogens is 328 g/mol. The Bertz CT molecular complexity index is 1050. The van der Waals surface area contributed by atoms with E-state index in [0.29, 0.717) is 6.54 Å². The molecule has 4 aromatic rings. The van der Waals surface area contributed by atoms with E-state index < -0.39 is 0 Å². The number of para-hydroxylation sites is 1. The maximum Gasteiger partial charge on any atom is 0.111 e. The zero-order valence-electron chi connectivity index (χ0n) is 14.2. The van der Waals surface area contributed by atoms with Gasteiger partial charge in [-0.2, -0.15) is 5.26 Å². The number of rotatable bonds is 4. The lowest BCUT2D eigenvalue weighted by Gasteiger charge is -2.22. The van der Waals surface area contributed by atoms with Gasteiger partial charge < -0.3 is 4.40 Å². The number of nitriles is 1. The summed E-state index contributed by atoms with van der Waals surface area (Å²) in [7, 11) is 2.08. The number of thiazole rings is 1. The minimum Gasteiger partial charge on any atom is -0.322 e. The van der Waals surface area contributed by atoms with Crippen molar-refractivity contribution in [1.29, 1.82) is 5.26 Å². The minimum atomic E-state index is 0.187. The molecule has 0 N–H and O–H groups in total. The molecule has 3 aromatic heterocycles. The predicted octanol–water partition coefficient (Wildman–Crippen LogP) is 4.61. The van der Waals surface area contributed by atoms with Crippen molar-refractivity contribution in [3.05, 3.63) is 71.0 Å². The minimum absolute atomic E-state index is 0.187. The van der Waals surface area contributed by atoms with Crippen LogP contribution in [0.25, 0.3) is 15.7 Å². The van der Waals surface area contributed by atoms with E-state index >= 15 is 0 Å². The second kappa shape index (κ2) is 6.32. The van der Waals surface area contributed by atoms with Gasteiger partial charge in [-0.1, -0.05) is 18.2 Å². The topological polar surface area (TPSA) is 44.3 Å². The fraction of sp³-hybridized carbons (Fsp3) is 0.200. The van der Waals surface area contributed by atoms with Gasteiger partial charge in [-0.05, 0) is 38.2 Å². The molecule has 1 atom stereocenters. The van der Waals surface area contributed by atoms with Gasteiger partial charge in [-0.15, -0.1) is 11.3 Å². The van der Waals surface area contributed by atoms with Crippen LogP contribution in [0.15, 0.2) is 54.9 Å². The fourth-order valence-electron chi connectivity index (χ4n) is 3.09. The highest BCUT2D eigenvalue weighted by Gasteiger charge is 2.19. The van der Waals surface area contributed by atoms with E-state index in [2.05, 4.69) is 43.3 Å². The second-order valence-electron chi connectivity index (χ2n) is 6.25. The van der Waals surface area contributed by atoms with Gasteiger partial charge in [0.1, 0.15) is 11.1 Å². The van der Waals surface area contributed by atoms with Crippen LogP contribution in [-0.2, 0) is 6.54 Å².